The minimum atomic E-state index is -0.285. The van der Waals surface area contributed by atoms with E-state index >= 15 is 0 Å². The summed E-state index contributed by atoms with van der Waals surface area (Å²) in [7, 11) is 0. The SMILES string of the molecule is O=C([C@@H]1CCCCN1)N1CC(O)C1. The molecule has 1 atom stereocenters. The molecule has 0 aromatic carbocycles. The highest BCUT2D eigenvalue weighted by Crippen LogP contribution is 2.14. The summed E-state index contributed by atoms with van der Waals surface area (Å²) in [5.41, 5.74) is 0. The smallest absolute Gasteiger partial charge is 0.239 e. The van der Waals surface area contributed by atoms with E-state index in [1.807, 2.05) is 0 Å². The summed E-state index contributed by atoms with van der Waals surface area (Å²) >= 11 is 0. The van der Waals surface area contributed by atoms with Gasteiger partial charge >= 0.3 is 0 Å². The molecule has 0 bridgehead atoms. The van der Waals surface area contributed by atoms with Crippen LogP contribution in [0.3, 0.4) is 0 Å². The van der Waals surface area contributed by atoms with Gasteiger partial charge in [0.2, 0.25) is 5.91 Å². The highest BCUT2D eigenvalue weighted by Gasteiger charge is 2.33. The van der Waals surface area contributed by atoms with Gasteiger partial charge in [-0.25, -0.2) is 0 Å². The van der Waals surface area contributed by atoms with Gasteiger partial charge < -0.3 is 15.3 Å². The second-order valence-electron chi connectivity index (χ2n) is 3.90. The van der Waals surface area contributed by atoms with E-state index in [-0.39, 0.29) is 18.1 Å². The minimum absolute atomic E-state index is 0.0150. The lowest BCUT2D eigenvalue weighted by molar-refractivity contribution is -0.144. The van der Waals surface area contributed by atoms with Gasteiger partial charge in [-0.3, -0.25) is 4.79 Å². The predicted molar refractivity (Wildman–Crippen MR) is 48.2 cm³/mol. The van der Waals surface area contributed by atoms with Crippen molar-refractivity contribution in [1.29, 1.82) is 0 Å². The van der Waals surface area contributed by atoms with Crippen molar-refractivity contribution in [2.45, 2.75) is 31.4 Å². The summed E-state index contributed by atoms with van der Waals surface area (Å²) in [5, 5.41) is 12.3. The van der Waals surface area contributed by atoms with Crippen LogP contribution < -0.4 is 5.32 Å². The Kier molecular flexibility index (Phi) is 2.51. The van der Waals surface area contributed by atoms with Gasteiger partial charge in [0.1, 0.15) is 0 Å². The van der Waals surface area contributed by atoms with Gasteiger partial charge in [0, 0.05) is 13.1 Å². The van der Waals surface area contributed by atoms with Crippen molar-refractivity contribution in [3.8, 4) is 0 Å². The van der Waals surface area contributed by atoms with Crippen molar-refractivity contribution in [1.82, 2.24) is 10.2 Å². The van der Waals surface area contributed by atoms with Crippen LogP contribution in [0.1, 0.15) is 19.3 Å². The normalized spacial score (nSPS) is 29.9. The number of nitrogens with one attached hydrogen (secondary N) is 1. The summed E-state index contributed by atoms with van der Waals surface area (Å²) in [4.78, 5) is 13.4. The molecule has 2 heterocycles. The number of hydrogen-bond donors (Lipinski definition) is 2. The number of nitrogens with zero attached hydrogens (tertiary/aromatic N) is 1. The number of piperidine rings is 1. The third kappa shape index (κ3) is 1.84. The van der Waals surface area contributed by atoms with E-state index < -0.39 is 0 Å². The number of rotatable bonds is 1. The molecular formula is C9H16N2O2. The first-order valence-corrected chi connectivity index (χ1v) is 4.97. The Morgan fingerprint density at radius 2 is 2.15 bits per heavy atom. The fraction of sp³-hybridized carbons (Fsp3) is 0.889. The van der Waals surface area contributed by atoms with Crippen LogP contribution in [0.5, 0.6) is 0 Å². The van der Waals surface area contributed by atoms with Crippen LogP contribution in [0.15, 0.2) is 0 Å². The Balaban J connectivity index is 1.82. The van der Waals surface area contributed by atoms with Gasteiger partial charge in [0.15, 0.2) is 0 Å². The molecule has 2 saturated heterocycles. The summed E-state index contributed by atoms with van der Waals surface area (Å²) in [6.45, 7) is 2.00. The molecular weight excluding hydrogens is 168 g/mol. The Hall–Kier alpha value is -0.610. The Morgan fingerprint density at radius 3 is 2.69 bits per heavy atom. The first-order chi connectivity index (χ1) is 6.27. The zero-order valence-corrected chi connectivity index (χ0v) is 7.70. The molecule has 4 heteroatoms. The number of carbonyl (C=O) groups is 1. The highest BCUT2D eigenvalue weighted by molar-refractivity contribution is 5.82. The van der Waals surface area contributed by atoms with Gasteiger partial charge in [0.25, 0.3) is 0 Å². The van der Waals surface area contributed by atoms with E-state index in [0.29, 0.717) is 13.1 Å². The quantitative estimate of drug-likeness (QED) is 0.568. The number of aliphatic hydroxyl groups excluding tert-OH is 1. The maximum atomic E-state index is 11.7. The van der Waals surface area contributed by atoms with Gasteiger partial charge in [-0.05, 0) is 19.4 Å². The first kappa shape index (κ1) is 8.97. The van der Waals surface area contributed by atoms with Crippen molar-refractivity contribution >= 4 is 5.91 Å². The predicted octanol–water partition coefficient (Wildman–Crippen LogP) is -0.668. The van der Waals surface area contributed by atoms with E-state index in [0.717, 1.165) is 19.4 Å². The molecule has 2 aliphatic heterocycles. The van der Waals surface area contributed by atoms with Gasteiger partial charge in [-0.1, -0.05) is 6.42 Å². The summed E-state index contributed by atoms with van der Waals surface area (Å²) in [6.07, 6.45) is 2.98. The average molecular weight is 184 g/mol. The molecule has 0 unspecified atom stereocenters. The van der Waals surface area contributed by atoms with E-state index in [1.165, 1.54) is 6.42 Å². The molecule has 0 radical (unpaired) electrons. The number of likely N-dealkylation sites (tertiary alicyclic amines) is 1. The van der Waals surface area contributed by atoms with E-state index in [9.17, 15) is 4.79 Å². The lowest BCUT2D eigenvalue weighted by Crippen LogP contribution is -2.59. The molecule has 0 saturated carbocycles. The van der Waals surface area contributed by atoms with Crippen LogP contribution >= 0.6 is 0 Å². The number of hydrogen-bond acceptors (Lipinski definition) is 3. The van der Waals surface area contributed by atoms with Crippen LogP contribution in [0.25, 0.3) is 0 Å². The summed E-state index contributed by atoms with van der Waals surface area (Å²) in [6, 6.07) is 0.0150. The Bertz CT molecular complexity index is 196. The standard InChI is InChI=1S/C9H16N2O2/c12-7-5-11(6-7)9(13)8-3-1-2-4-10-8/h7-8,10,12H,1-6H2/t8-/m0/s1. The molecule has 74 valence electrons. The molecule has 0 spiro atoms. The van der Waals surface area contributed by atoms with Crippen molar-refractivity contribution in [2.75, 3.05) is 19.6 Å². The second-order valence-corrected chi connectivity index (χ2v) is 3.90. The zero-order valence-electron chi connectivity index (χ0n) is 7.70. The molecule has 2 N–H and O–H groups in total. The van der Waals surface area contributed by atoms with Crippen LogP contribution in [0.4, 0.5) is 0 Å². The molecule has 2 aliphatic rings. The van der Waals surface area contributed by atoms with Crippen molar-refractivity contribution in [3.05, 3.63) is 0 Å². The molecule has 0 aliphatic carbocycles. The number of aliphatic hydroxyl groups is 1. The monoisotopic (exact) mass is 184 g/mol. The zero-order chi connectivity index (χ0) is 9.26. The van der Waals surface area contributed by atoms with Crippen LogP contribution in [-0.4, -0.2) is 47.7 Å². The topological polar surface area (TPSA) is 52.6 Å². The van der Waals surface area contributed by atoms with Gasteiger partial charge in [-0.2, -0.15) is 0 Å². The molecule has 1 amide bonds. The number of β-amino-alcohol motifs (C(OH)–C–C–N with tert-alkyl or cyclic N) is 1. The van der Waals surface area contributed by atoms with E-state index in [1.54, 1.807) is 4.90 Å². The molecule has 0 aromatic rings. The second kappa shape index (κ2) is 3.64. The molecule has 0 aromatic heterocycles. The van der Waals surface area contributed by atoms with Crippen molar-refractivity contribution < 1.29 is 9.90 Å². The fourth-order valence-electron chi connectivity index (χ4n) is 1.92. The third-order valence-electron chi connectivity index (χ3n) is 2.78. The lowest BCUT2D eigenvalue weighted by atomic mass is 10.0. The van der Waals surface area contributed by atoms with E-state index in [4.69, 9.17) is 5.11 Å². The molecule has 4 nitrogen and oxygen atoms in total. The Labute approximate surface area is 77.9 Å². The van der Waals surface area contributed by atoms with E-state index in [2.05, 4.69) is 5.32 Å². The van der Waals surface area contributed by atoms with Crippen LogP contribution in [-0.2, 0) is 4.79 Å². The van der Waals surface area contributed by atoms with Gasteiger partial charge in [-0.15, -0.1) is 0 Å². The minimum Gasteiger partial charge on any atom is -0.389 e. The largest absolute Gasteiger partial charge is 0.389 e. The summed E-state index contributed by atoms with van der Waals surface area (Å²) in [5.74, 6) is 0.171. The summed E-state index contributed by atoms with van der Waals surface area (Å²) < 4.78 is 0. The number of amides is 1. The number of carbonyl (C=O) groups excluding carboxylic acids is 1. The van der Waals surface area contributed by atoms with Gasteiger partial charge in [0.05, 0.1) is 12.1 Å². The Morgan fingerprint density at radius 1 is 1.38 bits per heavy atom. The maximum Gasteiger partial charge on any atom is 0.239 e. The maximum absolute atomic E-state index is 11.7. The molecule has 13 heavy (non-hydrogen) atoms. The van der Waals surface area contributed by atoms with Crippen molar-refractivity contribution in [3.63, 3.8) is 0 Å². The van der Waals surface area contributed by atoms with Crippen molar-refractivity contribution in [2.24, 2.45) is 0 Å². The van der Waals surface area contributed by atoms with Crippen LogP contribution in [0.2, 0.25) is 0 Å². The molecule has 2 fully saturated rings. The van der Waals surface area contributed by atoms with Crippen LogP contribution in [0, 0.1) is 0 Å². The lowest BCUT2D eigenvalue weighted by Gasteiger charge is -2.39. The fourth-order valence-corrected chi connectivity index (χ4v) is 1.92. The molecule has 2 rings (SSSR count). The average Bonchev–Trinajstić information content (AvgIpc) is 2.13. The first-order valence-electron chi connectivity index (χ1n) is 4.97. The third-order valence-corrected chi connectivity index (χ3v) is 2.78. The highest BCUT2D eigenvalue weighted by atomic mass is 16.3.